The molecule has 186 valence electrons. The number of benzene rings is 3. The highest BCUT2D eigenvalue weighted by molar-refractivity contribution is 6.33. The Morgan fingerprint density at radius 1 is 0.944 bits per heavy atom. The van der Waals surface area contributed by atoms with E-state index in [1.807, 2.05) is 44.2 Å². The van der Waals surface area contributed by atoms with Crippen molar-refractivity contribution in [1.29, 1.82) is 0 Å². The number of hydrogen-bond acceptors (Lipinski definition) is 5. The number of nitrogens with zero attached hydrogens (tertiary/aromatic N) is 1. The highest BCUT2D eigenvalue weighted by Gasteiger charge is 2.34. The summed E-state index contributed by atoms with van der Waals surface area (Å²) in [6, 6.07) is 20.1. The molecule has 2 amide bonds. The minimum atomic E-state index is -0.494. The van der Waals surface area contributed by atoms with Crippen LogP contribution in [0.1, 0.15) is 24.5 Å². The van der Waals surface area contributed by atoms with Crippen LogP contribution in [0.5, 0.6) is 17.2 Å². The molecule has 1 fully saturated rings. The smallest absolute Gasteiger partial charge is 0.282 e. The minimum absolute atomic E-state index is 0.000656. The van der Waals surface area contributed by atoms with E-state index in [2.05, 4.69) is 5.43 Å². The number of carbonyl (C=O) groups is 2. The van der Waals surface area contributed by atoms with Gasteiger partial charge in [-0.05, 0) is 61.9 Å². The van der Waals surface area contributed by atoms with Crippen molar-refractivity contribution in [2.45, 2.75) is 20.3 Å². The molecule has 3 aromatic rings. The van der Waals surface area contributed by atoms with Crippen LogP contribution >= 0.6 is 11.6 Å². The molecule has 1 aliphatic heterocycles. The summed E-state index contributed by atoms with van der Waals surface area (Å²) in [5, 5.41) is 1.54. The summed E-state index contributed by atoms with van der Waals surface area (Å²) in [7, 11) is 0. The lowest BCUT2D eigenvalue weighted by Crippen LogP contribution is -2.35. The largest absolute Gasteiger partial charge is 0.493 e. The number of ether oxygens (including phenoxy) is 3. The normalized spacial score (nSPS) is 14.2. The first-order chi connectivity index (χ1) is 17.5. The average molecular weight is 507 g/mol. The third-order valence-corrected chi connectivity index (χ3v) is 5.65. The summed E-state index contributed by atoms with van der Waals surface area (Å²) in [6.45, 7) is 5.14. The Bertz CT molecular complexity index is 1260. The molecular weight excluding hydrogens is 480 g/mol. The van der Waals surface area contributed by atoms with Gasteiger partial charge in [-0.3, -0.25) is 15.0 Å². The number of para-hydroxylation sites is 1. The molecule has 0 aromatic heterocycles. The molecule has 1 aliphatic rings. The predicted molar refractivity (Wildman–Crippen MR) is 139 cm³/mol. The standard InChI is InChI=1S/C28H27ClN2O5/c1-3-34-25-18-20(16-23-27(32)30-31(28(23)33)21-8-5-4-6-9-21)17-24(29)26(25)36-15-7-14-35-22-12-10-19(2)11-13-22/h4-6,8-13,16-18H,3,7,14-15H2,1-2H3,(H,30,32). The first-order valence-corrected chi connectivity index (χ1v) is 12.0. The van der Waals surface area contributed by atoms with Crippen LogP contribution in [0.15, 0.2) is 72.3 Å². The zero-order valence-electron chi connectivity index (χ0n) is 20.1. The fourth-order valence-corrected chi connectivity index (χ4v) is 3.89. The number of carbonyl (C=O) groups excluding carboxylic acids is 2. The SMILES string of the molecule is CCOc1cc(C=C2C(=O)NN(c3ccccc3)C2=O)cc(Cl)c1OCCCOc1ccc(C)cc1. The minimum Gasteiger partial charge on any atom is -0.493 e. The molecule has 1 N–H and O–H groups in total. The van der Waals surface area contributed by atoms with E-state index in [1.54, 1.807) is 36.4 Å². The predicted octanol–water partition coefficient (Wildman–Crippen LogP) is 5.36. The summed E-state index contributed by atoms with van der Waals surface area (Å²) in [4.78, 5) is 25.4. The summed E-state index contributed by atoms with van der Waals surface area (Å²) < 4.78 is 17.4. The average Bonchev–Trinajstić information content (AvgIpc) is 3.15. The molecule has 4 rings (SSSR count). The molecule has 0 bridgehead atoms. The van der Waals surface area contributed by atoms with Crippen LogP contribution in [0.3, 0.4) is 0 Å². The van der Waals surface area contributed by atoms with E-state index in [4.69, 9.17) is 25.8 Å². The molecule has 0 aliphatic carbocycles. The first-order valence-electron chi connectivity index (χ1n) is 11.7. The topological polar surface area (TPSA) is 77.1 Å². The molecular formula is C28H27ClN2O5. The Labute approximate surface area is 215 Å². The second kappa shape index (κ2) is 11.6. The fraction of sp³-hybridized carbons (Fsp3) is 0.214. The van der Waals surface area contributed by atoms with Crippen molar-refractivity contribution in [1.82, 2.24) is 5.43 Å². The van der Waals surface area contributed by atoms with Gasteiger partial charge in [0.2, 0.25) is 0 Å². The van der Waals surface area contributed by atoms with Crippen molar-refractivity contribution < 1.29 is 23.8 Å². The number of rotatable bonds is 10. The molecule has 0 spiro atoms. The number of hydrazine groups is 1. The van der Waals surface area contributed by atoms with E-state index in [0.29, 0.717) is 54.0 Å². The van der Waals surface area contributed by atoms with Gasteiger partial charge >= 0.3 is 0 Å². The summed E-state index contributed by atoms with van der Waals surface area (Å²) in [6.07, 6.45) is 2.14. The van der Waals surface area contributed by atoms with E-state index >= 15 is 0 Å². The number of halogens is 1. The van der Waals surface area contributed by atoms with E-state index in [1.165, 1.54) is 16.6 Å². The van der Waals surface area contributed by atoms with E-state index in [9.17, 15) is 9.59 Å². The van der Waals surface area contributed by atoms with Gasteiger partial charge in [-0.15, -0.1) is 0 Å². The Balaban J connectivity index is 1.44. The lowest BCUT2D eigenvalue weighted by atomic mass is 10.1. The maximum Gasteiger partial charge on any atom is 0.282 e. The number of aryl methyl sites for hydroxylation is 1. The quantitative estimate of drug-likeness (QED) is 0.228. The van der Waals surface area contributed by atoms with Crippen molar-refractivity contribution in [3.05, 3.63) is 88.5 Å². The molecule has 1 saturated heterocycles. The van der Waals surface area contributed by atoms with Crippen LogP contribution < -0.4 is 24.6 Å². The van der Waals surface area contributed by atoms with E-state index < -0.39 is 11.8 Å². The van der Waals surface area contributed by atoms with Gasteiger partial charge in [-0.1, -0.05) is 47.5 Å². The van der Waals surface area contributed by atoms with Crippen LogP contribution in [0, 0.1) is 6.92 Å². The molecule has 0 radical (unpaired) electrons. The fourth-order valence-electron chi connectivity index (χ4n) is 3.61. The number of hydrogen-bond donors (Lipinski definition) is 1. The zero-order chi connectivity index (χ0) is 25.5. The number of anilines is 1. The van der Waals surface area contributed by atoms with Gasteiger partial charge in [-0.2, -0.15) is 0 Å². The molecule has 0 atom stereocenters. The van der Waals surface area contributed by atoms with Crippen molar-refractivity contribution in [3.8, 4) is 17.2 Å². The molecule has 3 aromatic carbocycles. The molecule has 7 nitrogen and oxygen atoms in total. The van der Waals surface area contributed by atoms with Gasteiger partial charge in [0.15, 0.2) is 11.5 Å². The van der Waals surface area contributed by atoms with Crippen LogP contribution in [0.2, 0.25) is 5.02 Å². The number of amides is 2. The van der Waals surface area contributed by atoms with E-state index in [-0.39, 0.29) is 5.57 Å². The van der Waals surface area contributed by atoms with E-state index in [0.717, 1.165) is 5.75 Å². The maximum atomic E-state index is 12.9. The Hall–Kier alpha value is -3.97. The van der Waals surface area contributed by atoms with Gasteiger partial charge < -0.3 is 14.2 Å². The lowest BCUT2D eigenvalue weighted by Gasteiger charge is -2.15. The third kappa shape index (κ3) is 5.98. The van der Waals surface area contributed by atoms with Gasteiger partial charge in [0.1, 0.15) is 11.3 Å². The number of nitrogens with one attached hydrogen (secondary N) is 1. The molecule has 36 heavy (non-hydrogen) atoms. The van der Waals surface area contributed by atoms with Crippen molar-refractivity contribution in [2.75, 3.05) is 24.8 Å². The van der Waals surface area contributed by atoms with Crippen molar-refractivity contribution >= 4 is 35.2 Å². The molecule has 0 saturated carbocycles. The lowest BCUT2D eigenvalue weighted by molar-refractivity contribution is -0.117. The summed E-state index contributed by atoms with van der Waals surface area (Å²) in [5.74, 6) is 0.703. The van der Waals surface area contributed by atoms with Crippen LogP contribution in [-0.2, 0) is 9.59 Å². The van der Waals surface area contributed by atoms with Crippen LogP contribution in [0.4, 0.5) is 5.69 Å². The van der Waals surface area contributed by atoms with Gasteiger partial charge in [0.05, 0.1) is 30.5 Å². The van der Waals surface area contributed by atoms with Gasteiger partial charge in [0, 0.05) is 6.42 Å². The molecule has 0 unspecified atom stereocenters. The molecule has 8 heteroatoms. The second-order valence-electron chi connectivity index (χ2n) is 8.10. The van der Waals surface area contributed by atoms with Gasteiger partial charge in [0.25, 0.3) is 11.8 Å². The van der Waals surface area contributed by atoms with Crippen molar-refractivity contribution in [3.63, 3.8) is 0 Å². The maximum absolute atomic E-state index is 12.9. The Morgan fingerprint density at radius 3 is 2.39 bits per heavy atom. The highest BCUT2D eigenvalue weighted by Crippen LogP contribution is 2.37. The zero-order valence-corrected chi connectivity index (χ0v) is 20.9. The molecule has 1 heterocycles. The van der Waals surface area contributed by atoms with Gasteiger partial charge in [-0.25, -0.2) is 5.01 Å². The Morgan fingerprint density at radius 2 is 1.67 bits per heavy atom. The van der Waals surface area contributed by atoms with Crippen LogP contribution in [0.25, 0.3) is 6.08 Å². The summed E-state index contributed by atoms with van der Waals surface area (Å²) in [5.41, 5.74) is 4.88. The highest BCUT2D eigenvalue weighted by atomic mass is 35.5. The second-order valence-corrected chi connectivity index (χ2v) is 8.51. The van der Waals surface area contributed by atoms with Crippen molar-refractivity contribution in [2.24, 2.45) is 0 Å². The first kappa shape index (κ1) is 25.1. The monoisotopic (exact) mass is 506 g/mol. The Kier molecular flexibility index (Phi) is 8.13. The summed E-state index contributed by atoms with van der Waals surface area (Å²) >= 11 is 6.52. The van der Waals surface area contributed by atoms with Crippen LogP contribution in [-0.4, -0.2) is 31.6 Å². The third-order valence-electron chi connectivity index (χ3n) is 5.37.